The van der Waals surface area contributed by atoms with Crippen LogP contribution in [0.25, 0.3) is 0 Å². The number of benzene rings is 1. The summed E-state index contributed by atoms with van der Waals surface area (Å²) in [5.74, 6) is -1.78. The minimum Gasteiger partial charge on any atom is -0.480 e. The van der Waals surface area contributed by atoms with Gasteiger partial charge >= 0.3 is 5.97 Å². The molecule has 0 atom stereocenters. The first kappa shape index (κ1) is 20.8. The van der Waals surface area contributed by atoms with Crippen LogP contribution >= 0.6 is 0 Å². The van der Waals surface area contributed by atoms with Crippen molar-refractivity contribution in [2.45, 2.75) is 17.7 Å². The van der Waals surface area contributed by atoms with E-state index in [0.717, 1.165) is 4.90 Å². The highest BCUT2D eigenvalue weighted by molar-refractivity contribution is 7.89. The molecule has 2 amide bonds. The lowest BCUT2D eigenvalue weighted by molar-refractivity contribution is -0.144. The number of piperazine rings is 1. The molecular weight excluding hydrogens is 374 g/mol. The predicted octanol–water partition coefficient (Wildman–Crippen LogP) is -0.157. The van der Waals surface area contributed by atoms with Crippen molar-refractivity contribution < 1.29 is 27.9 Å². The van der Waals surface area contributed by atoms with Crippen LogP contribution in [0, 0.1) is 0 Å². The van der Waals surface area contributed by atoms with Crippen LogP contribution in [0.5, 0.6) is 0 Å². The summed E-state index contributed by atoms with van der Waals surface area (Å²) in [6, 6.07) is 8.12. The second-order valence-corrected chi connectivity index (χ2v) is 8.18. The molecule has 1 N–H and O–H groups in total. The van der Waals surface area contributed by atoms with Crippen molar-refractivity contribution in [3.8, 4) is 0 Å². The van der Waals surface area contributed by atoms with E-state index in [-0.39, 0.29) is 49.8 Å². The summed E-state index contributed by atoms with van der Waals surface area (Å²) in [7, 11) is -2.21. The first-order chi connectivity index (χ1) is 12.7. The van der Waals surface area contributed by atoms with E-state index in [0.29, 0.717) is 0 Å². The zero-order chi connectivity index (χ0) is 20.0. The predicted molar refractivity (Wildman–Crippen MR) is 96.3 cm³/mol. The molecule has 1 fully saturated rings. The van der Waals surface area contributed by atoms with Crippen molar-refractivity contribution >= 4 is 27.8 Å². The van der Waals surface area contributed by atoms with E-state index < -0.39 is 28.4 Å². The molecule has 0 spiro atoms. The summed E-state index contributed by atoms with van der Waals surface area (Å²) >= 11 is 0. The SMILES string of the molecule is CN(CC(=O)O)C(=O)CCC(=O)N1CCN(S(=O)(=O)c2ccccc2)CC1. The van der Waals surface area contributed by atoms with Crippen LogP contribution in [0.4, 0.5) is 0 Å². The first-order valence-corrected chi connectivity index (χ1v) is 9.94. The Morgan fingerprint density at radius 3 is 2.19 bits per heavy atom. The normalized spacial score (nSPS) is 15.4. The molecule has 10 heteroatoms. The van der Waals surface area contributed by atoms with Gasteiger partial charge in [0.1, 0.15) is 6.54 Å². The number of amides is 2. The highest BCUT2D eigenvalue weighted by Crippen LogP contribution is 2.17. The van der Waals surface area contributed by atoms with Crippen LogP contribution < -0.4 is 0 Å². The van der Waals surface area contributed by atoms with Gasteiger partial charge in [0.2, 0.25) is 21.8 Å². The average Bonchev–Trinajstić information content (AvgIpc) is 2.66. The van der Waals surface area contributed by atoms with Crippen LogP contribution in [-0.4, -0.2) is 85.2 Å². The molecule has 148 valence electrons. The van der Waals surface area contributed by atoms with Gasteiger partial charge in [-0.1, -0.05) is 18.2 Å². The minimum atomic E-state index is -3.58. The van der Waals surface area contributed by atoms with Gasteiger partial charge in [-0.2, -0.15) is 4.31 Å². The lowest BCUT2D eigenvalue weighted by Crippen LogP contribution is -2.50. The van der Waals surface area contributed by atoms with Gasteiger partial charge in [-0.05, 0) is 12.1 Å². The quantitative estimate of drug-likeness (QED) is 0.684. The second-order valence-electron chi connectivity index (χ2n) is 6.24. The first-order valence-electron chi connectivity index (χ1n) is 8.50. The van der Waals surface area contributed by atoms with Crippen molar-refractivity contribution in [1.82, 2.24) is 14.1 Å². The van der Waals surface area contributed by atoms with Crippen LogP contribution in [0.2, 0.25) is 0 Å². The van der Waals surface area contributed by atoms with Gasteiger partial charge in [0.15, 0.2) is 0 Å². The molecule has 0 unspecified atom stereocenters. The molecule has 27 heavy (non-hydrogen) atoms. The van der Waals surface area contributed by atoms with Crippen LogP contribution in [0.15, 0.2) is 35.2 Å². The fourth-order valence-electron chi connectivity index (χ4n) is 2.77. The summed E-state index contributed by atoms with van der Waals surface area (Å²) < 4.78 is 26.5. The summed E-state index contributed by atoms with van der Waals surface area (Å²) in [4.78, 5) is 37.5. The number of nitrogens with zero attached hydrogens (tertiary/aromatic N) is 3. The van der Waals surface area contributed by atoms with Crippen LogP contribution in [-0.2, 0) is 24.4 Å². The molecule has 1 aromatic rings. The lowest BCUT2D eigenvalue weighted by atomic mass is 10.2. The highest BCUT2D eigenvalue weighted by atomic mass is 32.2. The summed E-state index contributed by atoms with van der Waals surface area (Å²) in [6.07, 6.45) is -0.112. The molecule has 1 aliphatic rings. The largest absolute Gasteiger partial charge is 0.480 e. The maximum absolute atomic E-state index is 12.6. The molecule has 1 aromatic carbocycles. The van der Waals surface area contributed by atoms with E-state index in [1.54, 1.807) is 18.2 Å². The number of likely N-dealkylation sites (N-methyl/N-ethyl adjacent to an activating group) is 1. The monoisotopic (exact) mass is 397 g/mol. The molecule has 0 bridgehead atoms. The molecular formula is C17H23N3O6S. The van der Waals surface area contributed by atoms with Crippen molar-refractivity contribution in [1.29, 1.82) is 0 Å². The molecule has 0 radical (unpaired) electrons. The zero-order valence-electron chi connectivity index (χ0n) is 15.1. The number of hydrogen-bond acceptors (Lipinski definition) is 5. The summed E-state index contributed by atoms with van der Waals surface area (Å²) in [6.45, 7) is 0.475. The Kier molecular flexibility index (Phi) is 6.92. The molecule has 1 aliphatic heterocycles. The van der Waals surface area contributed by atoms with Gasteiger partial charge < -0.3 is 14.9 Å². The molecule has 2 rings (SSSR count). The smallest absolute Gasteiger partial charge is 0.323 e. The van der Waals surface area contributed by atoms with Crippen LogP contribution in [0.1, 0.15) is 12.8 Å². The van der Waals surface area contributed by atoms with E-state index in [1.165, 1.54) is 28.4 Å². The molecule has 0 saturated carbocycles. The van der Waals surface area contributed by atoms with Crippen molar-refractivity contribution in [2.75, 3.05) is 39.8 Å². The topological polar surface area (TPSA) is 115 Å². The number of carboxylic acid groups (broad SMARTS) is 1. The maximum Gasteiger partial charge on any atom is 0.323 e. The molecule has 0 aliphatic carbocycles. The van der Waals surface area contributed by atoms with Gasteiger partial charge in [-0.3, -0.25) is 14.4 Å². The fraction of sp³-hybridized carbons (Fsp3) is 0.471. The number of carbonyl (C=O) groups is 3. The number of carbonyl (C=O) groups excluding carboxylic acids is 2. The second kappa shape index (κ2) is 8.96. The van der Waals surface area contributed by atoms with Crippen molar-refractivity contribution in [3.63, 3.8) is 0 Å². The number of aliphatic carboxylic acids is 1. The lowest BCUT2D eigenvalue weighted by Gasteiger charge is -2.34. The Morgan fingerprint density at radius 2 is 1.63 bits per heavy atom. The van der Waals surface area contributed by atoms with E-state index in [9.17, 15) is 22.8 Å². The Morgan fingerprint density at radius 1 is 1.04 bits per heavy atom. The number of hydrogen-bond donors (Lipinski definition) is 1. The third-order valence-electron chi connectivity index (χ3n) is 4.32. The standard InChI is InChI=1S/C17H23N3O6S/c1-18(13-17(23)24)15(21)7-8-16(22)19-9-11-20(12-10-19)27(25,26)14-5-3-2-4-6-14/h2-6H,7-13H2,1H3,(H,23,24). The third-order valence-corrected chi connectivity index (χ3v) is 6.24. The number of carboxylic acids is 1. The van der Waals surface area contributed by atoms with Gasteiger partial charge in [0.25, 0.3) is 0 Å². The van der Waals surface area contributed by atoms with Crippen molar-refractivity contribution in [2.24, 2.45) is 0 Å². The molecule has 1 saturated heterocycles. The Labute approximate surface area is 158 Å². The maximum atomic E-state index is 12.6. The Balaban J connectivity index is 1.84. The molecule has 9 nitrogen and oxygen atoms in total. The van der Waals surface area contributed by atoms with Gasteiger partial charge in [0.05, 0.1) is 4.90 Å². The van der Waals surface area contributed by atoms with Gasteiger partial charge in [0, 0.05) is 46.1 Å². The van der Waals surface area contributed by atoms with E-state index in [2.05, 4.69) is 0 Å². The van der Waals surface area contributed by atoms with Gasteiger partial charge in [-0.15, -0.1) is 0 Å². The number of sulfonamides is 1. The third kappa shape index (κ3) is 5.51. The van der Waals surface area contributed by atoms with E-state index in [4.69, 9.17) is 5.11 Å². The zero-order valence-corrected chi connectivity index (χ0v) is 15.9. The minimum absolute atomic E-state index is 0.0335. The summed E-state index contributed by atoms with van der Waals surface area (Å²) in [5.41, 5.74) is 0. The van der Waals surface area contributed by atoms with Gasteiger partial charge in [-0.25, -0.2) is 8.42 Å². The van der Waals surface area contributed by atoms with E-state index in [1.807, 2.05) is 0 Å². The van der Waals surface area contributed by atoms with Crippen LogP contribution in [0.3, 0.4) is 0 Å². The Bertz CT molecular complexity index is 788. The number of rotatable bonds is 7. The fourth-order valence-corrected chi connectivity index (χ4v) is 4.22. The summed E-state index contributed by atoms with van der Waals surface area (Å²) in [5, 5.41) is 8.66. The highest BCUT2D eigenvalue weighted by Gasteiger charge is 2.30. The van der Waals surface area contributed by atoms with E-state index >= 15 is 0 Å². The Hall–Kier alpha value is -2.46. The molecule has 0 aromatic heterocycles. The molecule has 1 heterocycles. The van der Waals surface area contributed by atoms with Crippen molar-refractivity contribution in [3.05, 3.63) is 30.3 Å². The average molecular weight is 397 g/mol.